The zero-order valence-corrected chi connectivity index (χ0v) is 22.1. The van der Waals surface area contributed by atoms with Gasteiger partial charge < -0.3 is 19.8 Å². The van der Waals surface area contributed by atoms with Gasteiger partial charge in [0.15, 0.2) is 33.6 Å². The lowest BCUT2D eigenvalue weighted by Gasteiger charge is -2.29. The molecule has 1 aliphatic carbocycles. The van der Waals surface area contributed by atoms with Crippen molar-refractivity contribution in [1.82, 2.24) is 23.8 Å². The minimum Gasteiger partial charge on any atom is -0.486 e. The van der Waals surface area contributed by atoms with E-state index in [1.165, 1.54) is 22.6 Å². The third kappa shape index (κ3) is 4.85. The maximum Gasteiger partial charge on any atom is 0.277 e. The summed E-state index contributed by atoms with van der Waals surface area (Å²) in [6.45, 7) is 2.19. The number of aromatic nitrogens is 4. The van der Waals surface area contributed by atoms with Crippen molar-refractivity contribution in [2.75, 3.05) is 25.5 Å². The fourth-order valence-electron chi connectivity index (χ4n) is 5.44. The maximum absolute atomic E-state index is 12.0. The Hall–Kier alpha value is -2.61. The van der Waals surface area contributed by atoms with Crippen molar-refractivity contribution in [1.29, 1.82) is 0 Å². The molecule has 2 fully saturated rings. The molecular formula is C24H31N7O4S2. The summed E-state index contributed by atoms with van der Waals surface area (Å²) in [6, 6.07) is 4.11. The zero-order valence-electron chi connectivity index (χ0n) is 20.5. The Balaban J connectivity index is 1.30. The smallest absolute Gasteiger partial charge is 0.277 e. The molecule has 3 aliphatic rings. The summed E-state index contributed by atoms with van der Waals surface area (Å²) in [4.78, 5) is 14.6. The van der Waals surface area contributed by atoms with Crippen molar-refractivity contribution < 1.29 is 17.9 Å². The highest BCUT2D eigenvalue weighted by atomic mass is 32.2. The van der Waals surface area contributed by atoms with Crippen molar-refractivity contribution in [2.24, 2.45) is 5.14 Å². The van der Waals surface area contributed by atoms with Gasteiger partial charge in [-0.25, -0.2) is 20.1 Å². The lowest BCUT2D eigenvalue weighted by molar-refractivity contribution is 0.170. The highest BCUT2D eigenvalue weighted by Crippen LogP contribution is 2.47. The molecule has 0 amide bonds. The second-order valence-corrected chi connectivity index (χ2v) is 12.3. The van der Waals surface area contributed by atoms with E-state index < -0.39 is 10.2 Å². The van der Waals surface area contributed by atoms with Crippen molar-refractivity contribution in [3.63, 3.8) is 0 Å². The molecule has 11 nitrogen and oxygen atoms in total. The Bertz CT molecular complexity index is 1420. The van der Waals surface area contributed by atoms with Gasteiger partial charge >= 0.3 is 0 Å². The van der Waals surface area contributed by atoms with Gasteiger partial charge in [-0.05, 0) is 62.1 Å². The number of fused-ring (bicyclic) bond motifs is 2. The van der Waals surface area contributed by atoms with E-state index >= 15 is 0 Å². The predicted molar refractivity (Wildman–Crippen MR) is 140 cm³/mol. The molecule has 0 bridgehead atoms. The molecule has 1 unspecified atom stereocenters. The van der Waals surface area contributed by atoms with Gasteiger partial charge in [-0.1, -0.05) is 18.2 Å². The first-order valence-electron chi connectivity index (χ1n) is 12.8. The van der Waals surface area contributed by atoms with Crippen LogP contribution < -0.4 is 20.3 Å². The third-order valence-corrected chi connectivity index (χ3v) is 9.72. The number of nitrogens with zero attached hydrogens (tertiary/aromatic N) is 5. The van der Waals surface area contributed by atoms with Crippen LogP contribution in [0.15, 0.2) is 28.5 Å². The van der Waals surface area contributed by atoms with Gasteiger partial charge in [0.25, 0.3) is 10.2 Å². The number of hydrogen-bond donors (Lipinski definition) is 2. The van der Waals surface area contributed by atoms with Crippen molar-refractivity contribution >= 4 is 39.0 Å². The summed E-state index contributed by atoms with van der Waals surface area (Å²) in [5.41, 5.74) is 8.67. The first-order chi connectivity index (χ1) is 17.9. The molecule has 0 radical (unpaired) electrons. The summed E-state index contributed by atoms with van der Waals surface area (Å²) in [5, 5.41) is 6.20. The average molecular weight is 546 g/mol. The van der Waals surface area contributed by atoms with Crippen LogP contribution in [-0.2, 0) is 16.8 Å². The van der Waals surface area contributed by atoms with Crippen molar-refractivity contribution in [2.45, 2.75) is 73.5 Å². The summed E-state index contributed by atoms with van der Waals surface area (Å²) < 4.78 is 39.2. The Labute approximate surface area is 220 Å². The van der Waals surface area contributed by atoms with E-state index in [0.29, 0.717) is 55.6 Å². The maximum atomic E-state index is 12.0. The number of rotatable bonds is 8. The molecular weight excluding hydrogens is 514 g/mol. The second kappa shape index (κ2) is 9.93. The third-order valence-electron chi connectivity index (χ3n) is 7.52. The molecule has 6 rings (SSSR count). The van der Waals surface area contributed by atoms with Crippen LogP contribution in [0.25, 0.3) is 11.2 Å². The van der Waals surface area contributed by atoms with E-state index in [1.54, 1.807) is 11.8 Å². The molecule has 37 heavy (non-hydrogen) atoms. The van der Waals surface area contributed by atoms with Crippen molar-refractivity contribution in [3.05, 3.63) is 24.0 Å². The van der Waals surface area contributed by atoms with E-state index in [1.807, 2.05) is 0 Å². The van der Waals surface area contributed by atoms with Crippen LogP contribution in [0.1, 0.15) is 56.4 Å². The Morgan fingerprint density at radius 1 is 1.08 bits per heavy atom. The Kier molecular flexibility index (Phi) is 6.63. The molecule has 1 aromatic carbocycles. The van der Waals surface area contributed by atoms with Crippen LogP contribution in [0.5, 0.6) is 11.5 Å². The highest BCUT2D eigenvalue weighted by molar-refractivity contribution is 7.99. The zero-order chi connectivity index (χ0) is 25.6. The standard InChI is InChI=1S/C24H31N7O4S2/c25-22-21-23(28-14-27-22)30(8-2-6-16-7-3-9-31(16)37(26,32)33)24(29-21)36-20-13-19-18(34-10-11-35-19)12-17(20)15-4-1-5-15/h12-16H,1-11H2,(H2,25,27,28)(H2,26,32,33). The van der Waals surface area contributed by atoms with Crippen LogP contribution >= 0.6 is 11.8 Å². The number of aryl methyl sites for hydroxylation is 1. The largest absolute Gasteiger partial charge is 0.486 e. The molecule has 2 aromatic heterocycles. The van der Waals surface area contributed by atoms with Crippen LogP contribution in [-0.4, -0.2) is 58.0 Å². The molecule has 1 saturated carbocycles. The van der Waals surface area contributed by atoms with Crippen LogP contribution in [0.4, 0.5) is 5.82 Å². The normalized spacial score (nSPS) is 20.4. The monoisotopic (exact) mass is 545 g/mol. The first kappa shape index (κ1) is 24.7. The molecule has 1 atom stereocenters. The average Bonchev–Trinajstić information content (AvgIpc) is 3.44. The highest BCUT2D eigenvalue weighted by Gasteiger charge is 2.32. The van der Waals surface area contributed by atoms with Crippen LogP contribution in [0.3, 0.4) is 0 Å². The predicted octanol–water partition coefficient (Wildman–Crippen LogP) is 3.05. The van der Waals surface area contributed by atoms with Gasteiger partial charge in [-0.2, -0.15) is 12.7 Å². The lowest BCUT2D eigenvalue weighted by atomic mass is 9.80. The van der Waals surface area contributed by atoms with Crippen LogP contribution in [0.2, 0.25) is 0 Å². The minimum atomic E-state index is -3.69. The van der Waals surface area contributed by atoms with E-state index in [2.05, 4.69) is 26.7 Å². The number of nitrogens with two attached hydrogens (primary N) is 2. The second-order valence-electron chi connectivity index (χ2n) is 9.83. The molecule has 3 aromatic rings. The lowest BCUT2D eigenvalue weighted by Crippen LogP contribution is -2.40. The topological polar surface area (TPSA) is 151 Å². The van der Waals surface area contributed by atoms with E-state index in [9.17, 15) is 8.42 Å². The van der Waals surface area contributed by atoms with Gasteiger partial charge in [0.2, 0.25) is 0 Å². The van der Waals surface area contributed by atoms with E-state index in [4.69, 9.17) is 25.3 Å². The molecule has 13 heteroatoms. The van der Waals surface area contributed by atoms with Gasteiger partial charge in [-0.15, -0.1) is 0 Å². The number of benzene rings is 1. The SMILES string of the molecule is Nc1ncnc2c1nc(Sc1cc3c(cc1C1CCC1)OCCO3)n2CCCC1CCCN1S(N)(=O)=O. The van der Waals surface area contributed by atoms with E-state index in [-0.39, 0.29) is 6.04 Å². The number of imidazole rings is 1. The molecule has 2 aliphatic heterocycles. The van der Waals surface area contributed by atoms with E-state index in [0.717, 1.165) is 53.7 Å². The summed E-state index contributed by atoms with van der Waals surface area (Å²) in [5.74, 6) is 2.39. The molecule has 4 N–H and O–H groups in total. The summed E-state index contributed by atoms with van der Waals surface area (Å²) >= 11 is 1.58. The number of ether oxygens (including phenoxy) is 2. The Morgan fingerprint density at radius 3 is 2.59 bits per heavy atom. The fourth-order valence-corrected chi connectivity index (χ4v) is 7.58. The number of nitrogen functional groups attached to an aromatic ring is 1. The van der Waals surface area contributed by atoms with Crippen LogP contribution in [0, 0.1) is 0 Å². The fraction of sp³-hybridized carbons (Fsp3) is 0.542. The summed E-state index contributed by atoms with van der Waals surface area (Å²) in [6.07, 6.45) is 8.09. The molecule has 198 valence electrons. The van der Waals surface area contributed by atoms with Gasteiger partial charge in [0.05, 0.1) is 0 Å². The molecule has 1 saturated heterocycles. The molecule has 0 spiro atoms. The number of hydrogen-bond acceptors (Lipinski definition) is 9. The first-order valence-corrected chi connectivity index (χ1v) is 15.1. The summed E-state index contributed by atoms with van der Waals surface area (Å²) in [7, 11) is -3.69. The van der Waals surface area contributed by atoms with Gasteiger partial charge in [-0.3, -0.25) is 0 Å². The van der Waals surface area contributed by atoms with Crippen molar-refractivity contribution in [3.8, 4) is 11.5 Å². The molecule has 4 heterocycles. The number of anilines is 1. The minimum absolute atomic E-state index is 0.0800. The Morgan fingerprint density at radius 2 is 1.86 bits per heavy atom. The quantitative estimate of drug-likeness (QED) is 0.435. The van der Waals surface area contributed by atoms with Gasteiger partial charge in [0.1, 0.15) is 19.5 Å². The van der Waals surface area contributed by atoms with Gasteiger partial charge in [0, 0.05) is 24.0 Å².